The van der Waals surface area contributed by atoms with Gasteiger partial charge in [-0.1, -0.05) is 43.6 Å². The second kappa shape index (κ2) is 9.90. The van der Waals surface area contributed by atoms with Crippen molar-refractivity contribution in [2.75, 3.05) is 5.32 Å². The fourth-order valence-electron chi connectivity index (χ4n) is 2.46. The molecule has 0 saturated carbocycles. The minimum absolute atomic E-state index is 0.0171. The van der Waals surface area contributed by atoms with Crippen LogP contribution < -0.4 is 16.2 Å². The van der Waals surface area contributed by atoms with Crippen molar-refractivity contribution in [1.29, 1.82) is 0 Å². The SMILES string of the molecule is Cc1c(Cl)cccc1NC(=O)CCC(=O)NNC(=O)c1ccc(C(C)C)cc1. The summed E-state index contributed by atoms with van der Waals surface area (Å²) in [6, 6.07) is 12.4. The van der Waals surface area contributed by atoms with E-state index in [2.05, 4.69) is 30.0 Å². The molecule has 0 saturated heterocycles. The van der Waals surface area contributed by atoms with Gasteiger partial charge in [0.15, 0.2) is 0 Å². The van der Waals surface area contributed by atoms with E-state index in [1.54, 1.807) is 37.3 Å². The van der Waals surface area contributed by atoms with Crippen molar-refractivity contribution in [1.82, 2.24) is 10.9 Å². The average Bonchev–Trinajstić information content (AvgIpc) is 2.68. The number of rotatable bonds is 6. The summed E-state index contributed by atoms with van der Waals surface area (Å²) < 4.78 is 0. The molecule has 0 fully saturated rings. The van der Waals surface area contributed by atoms with Crippen LogP contribution in [0.15, 0.2) is 42.5 Å². The second-order valence-electron chi connectivity index (χ2n) is 6.74. The number of hydrogen-bond donors (Lipinski definition) is 3. The molecule has 0 radical (unpaired) electrons. The summed E-state index contributed by atoms with van der Waals surface area (Å²) in [7, 11) is 0. The molecule has 0 atom stereocenters. The summed E-state index contributed by atoms with van der Waals surface area (Å²) in [5.41, 5.74) is 7.61. The normalized spacial score (nSPS) is 10.5. The summed E-state index contributed by atoms with van der Waals surface area (Å²) in [4.78, 5) is 35.9. The predicted octanol–water partition coefficient (Wildman–Crippen LogP) is 3.95. The first-order valence-corrected chi connectivity index (χ1v) is 9.40. The lowest BCUT2D eigenvalue weighted by Crippen LogP contribution is -2.41. The zero-order valence-corrected chi connectivity index (χ0v) is 16.9. The number of nitrogens with one attached hydrogen (secondary N) is 3. The Morgan fingerprint density at radius 2 is 1.57 bits per heavy atom. The van der Waals surface area contributed by atoms with Crippen molar-refractivity contribution in [2.24, 2.45) is 0 Å². The lowest BCUT2D eigenvalue weighted by molar-refractivity contribution is -0.124. The van der Waals surface area contributed by atoms with Crippen molar-refractivity contribution in [3.63, 3.8) is 0 Å². The zero-order chi connectivity index (χ0) is 20.7. The highest BCUT2D eigenvalue weighted by molar-refractivity contribution is 6.31. The van der Waals surface area contributed by atoms with Crippen molar-refractivity contribution in [2.45, 2.75) is 39.5 Å². The van der Waals surface area contributed by atoms with Gasteiger partial charge < -0.3 is 5.32 Å². The van der Waals surface area contributed by atoms with E-state index in [9.17, 15) is 14.4 Å². The monoisotopic (exact) mass is 401 g/mol. The van der Waals surface area contributed by atoms with E-state index in [0.717, 1.165) is 11.1 Å². The highest BCUT2D eigenvalue weighted by Gasteiger charge is 2.11. The fraction of sp³-hybridized carbons (Fsp3) is 0.286. The summed E-state index contributed by atoms with van der Waals surface area (Å²) in [5.74, 6) is -0.803. The van der Waals surface area contributed by atoms with E-state index in [1.165, 1.54) is 0 Å². The summed E-state index contributed by atoms with van der Waals surface area (Å²) >= 11 is 6.01. The first-order chi connectivity index (χ1) is 13.3. The molecule has 2 rings (SSSR count). The van der Waals surface area contributed by atoms with Gasteiger partial charge in [-0.05, 0) is 48.2 Å². The van der Waals surface area contributed by atoms with Gasteiger partial charge in [0, 0.05) is 29.1 Å². The number of carbonyl (C=O) groups is 3. The molecule has 2 aromatic carbocycles. The third-order valence-corrected chi connectivity index (χ3v) is 4.69. The lowest BCUT2D eigenvalue weighted by atomic mass is 10.0. The van der Waals surface area contributed by atoms with Crippen LogP contribution in [0.1, 0.15) is 54.1 Å². The van der Waals surface area contributed by atoms with Gasteiger partial charge in [-0.2, -0.15) is 0 Å². The molecule has 0 aliphatic heterocycles. The molecule has 2 aromatic rings. The molecule has 0 bridgehead atoms. The predicted molar refractivity (Wildman–Crippen MR) is 110 cm³/mol. The average molecular weight is 402 g/mol. The van der Waals surface area contributed by atoms with Crippen LogP contribution in [-0.2, 0) is 9.59 Å². The molecule has 6 nitrogen and oxygen atoms in total. The summed E-state index contributed by atoms with van der Waals surface area (Å²) in [6.07, 6.45) is -0.0746. The number of halogens is 1. The van der Waals surface area contributed by atoms with Gasteiger partial charge in [-0.15, -0.1) is 0 Å². The quantitative estimate of drug-likeness (QED) is 0.640. The maximum Gasteiger partial charge on any atom is 0.269 e. The summed E-state index contributed by atoms with van der Waals surface area (Å²) in [6.45, 7) is 5.94. The highest BCUT2D eigenvalue weighted by Crippen LogP contribution is 2.23. The van der Waals surface area contributed by atoms with Gasteiger partial charge in [0.1, 0.15) is 0 Å². The van der Waals surface area contributed by atoms with E-state index in [-0.39, 0.29) is 18.7 Å². The van der Waals surface area contributed by atoms with E-state index in [1.807, 2.05) is 12.1 Å². The molecule has 28 heavy (non-hydrogen) atoms. The minimum atomic E-state index is -0.454. The molecular formula is C21H24ClN3O3. The zero-order valence-electron chi connectivity index (χ0n) is 16.1. The van der Waals surface area contributed by atoms with Gasteiger partial charge in [-0.25, -0.2) is 0 Å². The highest BCUT2D eigenvalue weighted by atomic mass is 35.5. The molecule has 0 aromatic heterocycles. The third-order valence-electron chi connectivity index (χ3n) is 4.28. The molecule has 3 N–H and O–H groups in total. The number of amides is 3. The van der Waals surface area contributed by atoms with Crippen LogP contribution in [0.3, 0.4) is 0 Å². The van der Waals surface area contributed by atoms with Crippen LogP contribution in [0.5, 0.6) is 0 Å². The van der Waals surface area contributed by atoms with Gasteiger partial charge in [-0.3, -0.25) is 25.2 Å². The topological polar surface area (TPSA) is 87.3 Å². The molecule has 0 heterocycles. The Kier molecular flexibility index (Phi) is 7.58. The standard InChI is InChI=1S/C21H24ClN3O3/c1-13(2)15-7-9-16(10-8-15)21(28)25-24-20(27)12-11-19(26)23-18-6-4-5-17(22)14(18)3/h4-10,13H,11-12H2,1-3H3,(H,23,26)(H,24,27)(H,25,28). The third kappa shape index (κ3) is 6.09. The molecular weight excluding hydrogens is 378 g/mol. The molecule has 7 heteroatoms. The Labute approximate surface area is 169 Å². The maximum absolute atomic E-state index is 12.1. The van der Waals surface area contributed by atoms with Crippen LogP contribution in [0.2, 0.25) is 5.02 Å². The van der Waals surface area contributed by atoms with Crippen molar-refractivity contribution in [3.05, 3.63) is 64.2 Å². The molecule has 0 unspecified atom stereocenters. The molecule has 3 amide bonds. The van der Waals surface area contributed by atoms with Crippen LogP contribution in [0, 0.1) is 6.92 Å². The Balaban J connectivity index is 1.76. The van der Waals surface area contributed by atoms with Crippen LogP contribution in [0.25, 0.3) is 0 Å². The van der Waals surface area contributed by atoms with Crippen molar-refractivity contribution in [3.8, 4) is 0 Å². The maximum atomic E-state index is 12.1. The van der Waals surface area contributed by atoms with E-state index < -0.39 is 11.8 Å². The Bertz CT molecular complexity index is 864. The largest absolute Gasteiger partial charge is 0.326 e. The van der Waals surface area contributed by atoms with Crippen molar-refractivity contribution >= 4 is 35.0 Å². The van der Waals surface area contributed by atoms with E-state index >= 15 is 0 Å². The minimum Gasteiger partial charge on any atom is -0.326 e. The number of carbonyl (C=O) groups excluding carboxylic acids is 3. The van der Waals surface area contributed by atoms with Crippen LogP contribution in [0.4, 0.5) is 5.69 Å². The first kappa shape index (κ1) is 21.4. The van der Waals surface area contributed by atoms with E-state index in [0.29, 0.717) is 22.2 Å². The van der Waals surface area contributed by atoms with Crippen LogP contribution >= 0.6 is 11.6 Å². The molecule has 0 aliphatic rings. The number of hydrazine groups is 1. The van der Waals surface area contributed by atoms with E-state index in [4.69, 9.17) is 11.6 Å². The number of anilines is 1. The number of hydrogen-bond acceptors (Lipinski definition) is 3. The molecule has 0 aliphatic carbocycles. The Morgan fingerprint density at radius 1 is 0.929 bits per heavy atom. The summed E-state index contributed by atoms with van der Waals surface area (Å²) in [5, 5.41) is 3.28. The molecule has 148 valence electrons. The van der Waals surface area contributed by atoms with Crippen LogP contribution in [-0.4, -0.2) is 17.7 Å². The number of benzene rings is 2. The lowest BCUT2D eigenvalue weighted by Gasteiger charge is -2.10. The van der Waals surface area contributed by atoms with Gasteiger partial charge in [0.2, 0.25) is 11.8 Å². The fourth-order valence-corrected chi connectivity index (χ4v) is 2.64. The van der Waals surface area contributed by atoms with Crippen molar-refractivity contribution < 1.29 is 14.4 Å². The Morgan fingerprint density at radius 3 is 2.21 bits per heavy atom. The van der Waals surface area contributed by atoms with Gasteiger partial charge >= 0.3 is 0 Å². The smallest absolute Gasteiger partial charge is 0.269 e. The molecule has 0 spiro atoms. The van der Waals surface area contributed by atoms with Gasteiger partial charge in [0.25, 0.3) is 5.91 Å². The Hall–Kier alpha value is -2.86. The van der Waals surface area contributed by atoms with Gasteiger partial charge in [0.05, 0.1) is 0 Å². The second-order valence-corrected chi connectivity index (χ2v) is 7.15. The first-order valence-electron chi connectivity index (χ1n) is 9.02.